The number of carbonyl (C=O) groups excluding carboxylic acids is 7. The molecule has 0 aliphatic carbocycles. The van der Waals surface area contributed by atoms with Crippen molar-refractivity contribution in [2.75, 3.05) is 65.9 Å². The fourth-order valence-corrected chi connectivity index (χ4v) is 10.5. The van der Waals surface area contributed by atoms with E-state index in [4.69, 9.17) is 40.9 Å². The Bertz CT molecular complexity index is 2230. The first-order valence-corrected chi connectivity index (χ1v) is 32.8. The first-order chi connectivity index (χ1) is 42.6. The summed E-state index contributed by atoms with van der Waals surface area (Å²) < 4.78 is 21.9. The summed E-state index contributed by atoms with van der Waals surface area (Å²) in [6, 6.07) is 5.37. The van der Waals surface area contributed by atoms with Crippen molar-refractivity contribution in [1.82, 2.24) is 16.0 Å². The Morgan fingerprint density at radius 2 is 1.09 bits per heavy atom. The highest BCUT2D eigenvalue weighted by Crippen LogP contribution is 2.31. The number of unbranched alkanes of at least 4 members (excludes halogenated alkanes) is 14. The summed E-state index contributed by atoms with van der Waals surface area (Å²) in [5.74, 6) is -6.51. The molecule has 0 aliphatic heterocycles. The van der Waals surface area contributed by atoms with Crippen LogP contribution >= 0.6 is 0 Å². The summed E-state index contributed by atoms with van der Waals surface area (Å²) in [5.41, 5.74) is 12.7. The SMILES string of the molecule is C=C(CCCCCCCCCCCCCCCC(=O)O)N[C@@H](CCC(=O)NCCOCCOCC(=O)CCCOCCOCC(=O)NCCCC[C@H](CC(=O)CC(C)C)C(=O)C(C)[C@@H](CCCCC(=N)N)C(=O)C[C@@H](Cc1ccc(O)cc1)C(N)=O)C(=O)O. The maximum Gasteiger partial charge on any atom is 0.326 e. The van der Waals surface area contributed by atoms with Gasteiger partial charge in [0, 0.05) is 94.0 Å². The van der Waals surface area contributed by atoms with Gasteiger partial charge in [0.1, 0.15) is 42.4 Å². The van der Waals surface area contributed by atoms with E-state index in [0.29, 0.717) is 88.6 Å². The number of phenolic OH excluding ortho intramolecular Hbond substituents is 1. The molecule has 1 aromatic rings. The van der Waals surface area contributed by atoms with Gasteiger partial charge in [0.05, 0.1) is 38.9 Å². The lowest BCUT2D eigenvalue weighted by Gasteiger charge is -2.27. The number of nitrogens with two attached hydrogens (primary N) is 2. The number of rotatable bonds is 62. The van der Waals surface area contributed by atoms with Gasteiger partial charge in [-0.25, -0.2) is 4.79 Å². The van der Waals surface area contributed by atoms with Gasteiger partial charge >= 0.3 is 11.9 Å². The molecular formula is C67H112N6O16. The molecule has 22 nitrogen and oxygen atoms in total. The molecule has 0 fully saturated rings. The number of carbonyl (C=O) groups is 9. The highest BCUT2D eigenvalue weighted by molar-refractivity contribution is 5.94. The molecule has 0 spiro atoms. The van der Waals surface area contributed by atoms with Gasteiger partial charge in [-0.05, 0) is 87.8 Å². The molecule has 1 aromatic carbocycles. The fourth-order valence-electron chi connectivity index (χ4n) is 10.5. The number of allylic oxidation sites excluding steroid dienone is 1. The molecule has 0 radical (unpaired) electrons. The molecular weight excluding hydrogens is 1140 g/mol. The predicted octanol–water partition coefficient (Wildman–Crippen LogP) is 9.03. The minimum Gasteiger partial charge on any atom is -0.508 e. The molecule has 506 valence electrons. The second-order valence-electron chi connectivity index (χ2n) is 24.1. The number of amidine groups is 1. The standard InChI is InChI=1S/C67H112N6O16/c1-49(2)43-57(76)45-53(65(82)51(4)58(26-18-19-27-61(68)69)60(77)46-54(66(70)83)44-52-29-31-55(74)32-30-52)24-20-21-35-71-63(79)48-89-42-39-86-37-22-25-56(75)47-88-41-40-87-38-36-72-62(78)34-33-59(67(84)85)73-50(3)23-16-14-12-10-8-6-5-7-9-11-13-15-17-28-64(80)81/h29-32,49,51,53-54,58-59,73-74H,3,5-28,33-48H2,1-2,4H3,(H3,68,69)(H2,70,83)(H,71,79)(H,72,78)(H,80,81)(H,84,85)/t51?,53-,54-,58-,59+/m1/s1. The maximum absolute atomic E-state index is 14.3. The van der Waals surface area contributed by atoms with Crippen molar-refractivity contribution in [1.29, 1.82) is 5.41 Å². The smallest absolute Gasteiger partial charge is 0.326 e. The van der Waals surface area contributed by atoms with Crippen molar-refractivity contribution in [3.63, 3.8) is 0 Å². The van der Waals surface area contributed by atoms with Gasteiger partial charge in [0.25, 0.3) is 0 Å². The Kier molecular flexibility index (Phi) is 46.9. The molecule has 0 heterocycles. The molecule has 22 heteroatoms. The van der Waals surface area contributed by atoms with Crippen molar-refractivity contribution >= 4 is 58.6 Å². The number of Topliss-reactive ketones (excluding diaryl/α,β-unsaturated/α-hetero) is 4. The van der Waals surface area contributed by atoms with Crippen LogP contribution in [0, 0.1) is 35.0 Å². The lowest BCUT2D eigenvalue weighted by molar-refractivity contribution is -0.140. The summed E-state index contributed by atoms with van der Waals surface area (Å²) in [6.07, 6.45) is 19.7. The number of aromatic hydroxyl groups is 1. The van der Waals surface area contributed by atoms with E-state index in [9.17, 15) is 53.4 Å². The number of amides is 3. The van der Waals surface area contributed by atoms with Crippen molar-refractivity contribution in [2.24, 2.45) is 41.1 Å². The predicted molar refractivity (Wildman–Crippen MR) is 342 cm³/mol. The molecule has 3 amide bonds. The van der Waals surface area contributed by atoms with Gasteiger partial charge in [0.15, 0.2) is 5.78 Å². The van der Waals surface area contributed by atoms with Crippen LogP contribution in [-0.4, -0.2) is 146 Å². The Balaban J connectivity index is 2.27. The van der Waals surface area contributed by atoms with E-state index in [1.807, 2.05) is 13.8 Å². The fraction of sp³-hybridized carbons (Fsp3) is 0.731. The zero-order valence-corrected chi connectivity index (χ0v) is 54.1. The van der Waals surface area contributed by atoms with Crippen LogP contribution in [0.3, 0.4) is 0 Å². The number of hydrogen-bond acceptors (Lipinski definition) is 16. The second-order valence-corrected chi connectivity index (χ2v) is 24.1. The van der Waals surface area contributed by atoms with E-state index in [1.54, 1.807) is 19.1 Å². The number of carboxylic acids is 2. The zero-order chi connectivity index (χ0) is 66.0. The van der Waals surface area contributed by atoms with E-state index < -0.39 is 47.6 Å². The Morgan fingerprint density at radius 1 is 0.539 bits per heavy atom. The summed E-state index contributed by atoms with van der Waals surface area (Å²) in [5, 5.41) is 44.2. The number of benzene rings is 1. The third kappa shape index (κ3) is 44.9. The van der Waals surface area contributed by atoms with Crippen LogP contribution in [0.4, 0.5) is 0 Å². The van der Waals surface area contributed by atoms with E-state index in [1.165, 1.54) is 57.1 Å². The highest BCUT2D eigenvalue weighted by Gasteiger charge is 2.36. The number of aliphatic carboxylic acids is 2. The van der Waals surface area contributed by atoms with Crippen molar-refractivity contribution in [3.05, 3.63) is 42.1 Å². The van der Waals surface area contributed by atoms with Crippen LogP contribution in [0.25, 0.3) is 0 Å². The molecule has 5 atom stereocenters. The minimum absolute atomic E-state index is 0.0190. The van der Waals surface area contributed by atoms with Crippen LogP contribution in [0.5, 0.6) is 5.75 Å². The Morgan fingerprint density at radius 3 is 1.67 bits per heavy atom. The van der Waals surface area contributed by atoms with Crippen molar-refractivity contribution in [2.45, 2.75) is 219 Å². The molecule has 0 bridgehead atoms. The van der Waals surface area contributed by atoms with Crippen LogP contribution in [0.2, 0.25) is 0 Å². The molecule has 89 heavy (non-hydrogen) atoms. The van der Waals surface area contributed by atoms with E-state index in [0.717, 1.165) is 38.5 Å². The number of nitrogens with one attached hydrogen (secondary N) is 4. The largest absolute Gasteiger partial charge is 0.508 e. The Labute approximate surface area is 529 Å². The van der Waals surface area contributed by atoms with Crippen LogP contribution in [0.15, 0.2) is 36.5 Å². The molecule has 0 aliphatic rings. The molecule has 1 rings (SSSR count). The molecule has 1 unspecified atom stereocenters. The number of ether oxygens (including phenoxy) is 4. The lowest BCUT2D eigenvalue weighted by atomic mass is 9.75. The molecule has 11 N–H and O–H groups in total. The quantitative estimate of drug-likeness (QED) is 0.0167. The van der Waals surface area contributed by atoms with Crippen molar-refractivity contribution in [3.8, 4) is 5.75 Å². The van der Waals surface area contributed by atoms with Gasteiger partial charge < -0.3 is 61.7 Å². The average Bonchev–Trinajstić information content (AvgIpc) is 2.81. The number of primary amides is 1. The highest BCUT2D eigenvalue weighted by atomic mass is 16.5. The first kappa shape index (κ1) is 80.9. The number of carboxylic acid groups (broad SMARTS) is 2. The monoisotopic (exact) mass is 1260 g/mol. The molecule has 0 saturated heterocycles. The van der Waals surface area contributed by atoms with Gasteiger partial charge in [-0.2, -0.15) is 0 Å². The second kappa shape index (κ2) is 51.6. The summed E-state index contributed by atoms with van der Waals surface area (Å²) >= 11 is 0. The third-order valence-corrected chi connectivity index (χ3v) is 15.5. The van der Waals surface area contributed by atoms with Gasteiger partial charge in [-0.1, -0.05) is 123 Å². The van der Waals surface area contributed by atoms with E-state index in [2.05, 4.69) is 22.5 Å². The number of hydrogen-bond donors (Lipinski definition) is 9. The topological polar surface area (TPSA) is 363 Å². The zero-order valence-electron chi connectivity index (χ0n) is 54.1. The minimum atomic E-state index is -1.04. The van der Waals surface area contributed by atoms with E-state index >= 15 is 0 Å². The third-order valence-electron chi connectivity index (χ3n) is 15.5. The summed E-state index contributed by atoms with van der Waals surface area (Å²) in [4.78, 5) is 114. The summed E-state index contributed by atoms with van der Waals surface area (Å²) in [7, 11) is 0. The van der Waals surface area contributed by atoms with E-state index in [-0.39, 0.29) is 150 Å². The van der Waals surface area contributed by atoms with Gasteiger partial charge in [-0.3, -0.25) is 43.8 Å². The average molecular weight is 1260 g/mol. The number of ketones is 4. The summed E-state index contributed by atoms with van der Waals surface area (Å²) in [6.45, 7) is 11.2. The number of phenols is 1. The van der Waals surface area contributed by atoms with Crippen LogP contribution in [-0.2, 0) is 68.5 Å². The maximum atomic E-state index is 14.3. The lowest BCUT2D eigenvalue weighted by Crippen LogP contribution is -2.37. The first-order valence-electron chi connectivity index (χ1n) is 32.8. The van der Waals surface area contributed by atoms with Gasteiger partial charge in [-0.15, -0.1) is 0 Å². The molecule has 0 saturated carbocycles. The van der Waals surface area contributed by atoms with Gasteiger partial charge in [0.2, 0.25) is 17.7 Å². The Hall–Kier alpha value is -6.10. The van der Waals surface area contributed by atoms with Crippen LogP contribution < -0.4 is 27.4 Å². The van der Waals surface area contributed by atoms with Crippen LogP contribution in [0.1, 0.15) is 213 Å². The normalized spacial score (nSPS) is 13.0. The molecule has 0 aromatic heterocycles. The van der Waals surface area contributed by atoms with Crippen molar-refractivity contribution < 1.29 is 77.4 Å².